The number of hydrogen-bond acceptors (Lipinski definition) is 2. The van der Waals surface area contributed by atoms with Gasteiger partial charge in [-0.2, -0.15) is 0 Å². The van der Waals surface area contributed by atoms with Gasteiger partial charge < -0.3 is 16.2 Å². The fourth-order valence-corrected chi connectivity index (χ4v) is 3.23. The van der Waals surface area contributed by atoms with Crippen molar-refractivity contribution in [1.82, 2.24) is 0 Å². The molecular weight excluding hydrogens is 322 g/mol. The van der Waals surface area contributed by atoms with Gasteiger partial charge in [-0.25, -0.2) is 0 Å². The van der Waals surface area contributed by atoms with Gasteiger partial charge in [-0.05, 0) is 12.8 Å². The van der Waals surface area contributed by atoms with Crippen molar-refractivity contribution in [2.24, 2.45) is 16.5 Å². The van der Waals surface area contributed by atoms with E-state index in [0.29, 0.717) is 6.54 Å². The van der Waals surface area contributed by atoms with Crippen LogP contribution in [-0.4, -0.2) is 25.7 Å². The van der Waals surface area contributed by atoms with Crippen LogP contribution in [0.3, 0.4) is 0 Å². The Morgan fingerprint density at radius 2 is 0.962 bits per heavy atom. The molecule has 0 saturated heterocycles. The molecule has 156 valence electrons. The van der Waals surface area contributed by atoms with Crippen molar-refractivity contribution < 1.29 is 4.74 Å². The Labute approximate surface area is 163 Å². The summed E-state index contributed by atoms with van der Waals surface area (Å²) in [5.74, 6) is 0.169. The Bertz CT molecular complexity index is 291. The van der Waals surface area contributed by atoms with E-state index in [1.54, 1.807) is 0 Å². The maximum absolute atomic E-state index is 5.58. The molecule has 26 heavy (non-hydrogen) atoms. The zero-order valence-corrected chi connectivity index (χ0v) is 17.7. The molecule has 0 saturated carbocycles. The highest BCUT2D eigenvalue weighted by Gasteiger charge is 1.95. The number of aliphatic imine (C=N–C) groups is 1. The first-order valence-electron chi connectivity index (χ1n) is 11.4. The average molecular weight is 370 g/mol. The average Bonchev–Trinajstić information content (AvgIpc) is 2.62. The van der Waals surface area contributed by atoms with E-state index in [-0.39, 0.29) is 5.96 Å². The highest BCUT2D eigenvalue weighted by Crippen LogP contribution is 2.13. The molecule has 4 nitrogen and oxygen atoms in total. The van der Waals surface area contributed by atoms with E-state index in [1.807, 2.05) is 0 Å². The molecule has 0 aromatic carbocycles. The van der Waals surface area contributed by atoms with Crippen molar-refractivity contribution in [3.05, 3.63) is 0 Å². The third-order valence-electron chi connectivity index (χ3n) is 4.88. The lowest BCUT2D eigenvalue weighted by Crippen LogP contribution is -2.23. The summed E-state index contributed by atoms with van der Waals surface area (Å²) < 4.78 is 5.58. The van der Waals surface area contributed by atoms with Gasteiger partial charge in [0.1, 0.15) is 0 Å². The van der Waals surface area contributed by atoms with Crippen molar-refractivity contribution in [1.29, 1.82) is 0 Å². The number of guanidine groups is 1. The molecule has 0 heterocycles. The highest BCUT2D eigenvalue weighted by atomic mass is 16.5. The van der Waals surface area contributed by atoms with Crippen LogP contribution in [0.25, 0.3) is 0 Å². The molecule has 0 aromatic heterocycles. The van der Waals surface area contributed by atoms with Gasteiger partial charge in [0, 0.05) is 19.8 Å². The Kier molecular flexibility index (Phi) is 21.6. The molecule has 0 fully saturated rings. The van der Waals surface area contributed by atoms with Crippen molar-refractivity contribution in [3.63, 3.8) is 0 Å². The fraction of sp³-hybridized carbons (Fsp3) is 0.955. The van der Waals surface area contributed by atoms with Crippen LogP contribution in [0, 0.1) is 0 Å². The molecule has 4 N–H and O–H groups in total. The smallest absolute Gasteiger partial charge is 0.185 e. The van der Waals surface area contributed by atoms with Crippen LogP contribution in [-0.2, 0) is 4.74 Å². The molecule has 0 aliphatic heterocycles. The minimum atomic E-state index is 0.169. The summed E-state index contributed by atoms with van der Waals surface area (Å²) in [5, 5.41) is 0. The Balaban J connectivity index is 3.00. The normalized spacial score (nSPS) is 11.0. The predicted octanol–water partition coefficient (Wildman–Crippen LogP) is 5.93. The summed E-state index contributed by atoms with van der Waals surface area (Å²) in [7, 11) is 0. The quantitative estimate of drug-likeness (QED) is 0.150. The van der Waals surface area contributed by atoms with Crippen LogP contribution in [0.4, 0.5) is 0 Å². The largest absolute Gasteiger partial charge is 0.381 e. The Hall–Kier alpha value is -0.770. The molecule has 0 rings (SSSR count). The van der Waals surface area contributed by atoms with E-state index >= 15 is 0 Å². The second-order valence-electron chi connectivity index (χ2n) is 7.58. The van der Waals surface area contributed by atoms with Crippen LogP contribution in [0.1, 0.15) is 116 Å². The number of nitrogens with zero attached hydrogens (tertiary/aromatic N) is 1. The van der Waals surface area contributed by atoms with Crippen molar-refractivity contribution in [2.75, 3.05) is 19.8 Å². The third kappa shape index (κ3) is 23.2. The molecule has 0 aromatic rings. The lowest BCUT2D eigenvalue weighted by Gasteiger charge is -2.04. The van der Waals surface area contributed by atoms with Gasteiger partial charge in [-0.15, -0.1) is 0 Å². The monoisotopic (exact) mass is 369 g/mol. The Morgan fingerprint density at radius 1 is 0.577 bits per heavy atom. The molecule has 0 radical (unpaired) electrons. The molecule has 0 spiro atoms. The number of rotatable bonds is 21. The zero-order valence-electron chi connectivity index (χ0n) is 17.7. The molecule has 0 atom stereocenters. The predicted molar refractivity (Wildman–Crippen MR) is 116 cm³/mol. The van der Waals surface area contributed by atoms with Gasteiger partial charge in [0.05, 0.1) is 0 Å². The van der Waals surface area contributed by atoms with E-state index in [4.69, 9.17) is 16.2 Å². The lowest BCUT2D eigenvalue weighted by atomic mass is 10.0. The molecule has 0 aliphatic carbocycles. The van der Waals surface area contributed by atoms with Crippen LogP contribution >= 0.6 is 0 Å². The van der Waals surface area contributed by atoms with Gasteiger partial charge in [-0.1, -0.05) is 103 Å². The summed E-state index contributed by atoms with van der Waals surface area (Å²) >= 11 is 0. The number of hydrogen-bond donors (Lipinski definition) is 2. The molecule has 0 amide bonds. The number of nitrogens with two attached hydrogens (primary N) is 2. The highest BCUT2D eigenvalue weighted by molar-refractivity contribution is 5.75. The van der Waals surface area contributed by atoms with E-state index in [0.717, 1.165) is 19.6 Å². The molecule has 4 heteroatoms. The third-order valence-corrected chi connectivity index (χ3v) is 4.88. The van der Waals surface area contributed by atoms with E-state index in [9.17, 15) is 0 Å². The van der Waals surface area contributed by atoms with Gasteiger partial charge in [0.15, 0.2) is 5.96 Å². The molecule has 0 unspecified atom stereocenters. The van der Waals surface area contributed by atoms with Gasteiger partial charge in [0.25, 0.3) is 0 Å². The maximum Gasteiger partial charge on any atom is 0.185 e. The summed E-state index contributed by atoms with van der Waals surface area (Å²) in [6, 6.07) is 0. The topological polar surface area (TPSA) is 73.6 Å². The first kappa shape index (κ1) is 25.2. The lowest BCUT2D eigenvalue weighted by molar-refractivity contribution is 0.129. The number of unbranched alkanes of at least 4 members (excludes halogenated alkanes) is 15. The van der Waals surface area contributed by atoms with E-state index in [2.05, 4.69) is 11.9 Å². The molecular formula is C22H47N3O. The van der Waals surface area contributed by atoms with Crippen LogP contribution in [0.5, 0.6) is 0 Å². The van der Waals surface area contributed by atoms with Crippen LogP contribution in [0.2, 0.25) is 0 Å². The maximum atomic E-state index is 5.58. The minimum absolute atomic E-state index is 0.169. The van der Waals surface area contributed by atoms with E-state index < -0.39 is 0 Å². The first-order chi connectivity index (χ1) is 12.8. The van der Waals surface area contributed by atoms with Crippen molar-refractivity contribution >= 4 is 5.96 Å². The standard InChI is InChI=1S/C22H47N3O/c1-2-3-4-5-6-7-8-9-10-11-12-13-14-15-16-17-20-26-21-18-19-25-22(23)24/h2-21H2,1H3,(H4,23,24,25). The Morgan fingerprint density at radius 3 is 1.38 bits per heavy atom. The van der Waals surface area contributed by atoms with Crippen LogP contribution in [0.15, 0.2) is 4.99 Å². The number of ether oxygens (including phenoxy) is 1. The van der Waals surface area contributed by atoms with Gasteiger partial charge >= 0.3 is 0 Å². The molecule has 0 bridgehead atoms. The van der Waals surface area contributed by atoms with Gasteiger partial charge in [-0.3, -0.25) is 4.99 Å². The van der Waals surface area contributed by atoms with Crippen LogP contribution < -0.4 is 11.5 Å². The summed E-state index contributed by atoms with van der Waals surface area (Å²) in [6.45, 7) is 4.59. The second kappa shape index (κ2) is 22.3. The molecule has 0 aliphatic rings. The fourth-order valence-electron chi connectivity index (χ4n) is 3.23. The zero-order chi connectivity index (χ0) is 19.1. The van der Waals surface area contributed by atoms with Gasteiger partial charge in [0.2, 0.25) is 0 Å². The SMILES string of the molecule is CCCCCCCCCCCCCCCCCCOCCCN=C(N)N. The van der Waals surface area contributed by atoms with E-state index in [1.165, 1.54) is 103 Å². The minimum Gasteiger partial charge on any atom is -0.381 e. The summed E-state index contributed by atoms with van der Waals surface area (Å²) in [5.41, 5.74) is 10.5. The summed E-state index contributed by atoms with van der Waals surface area (Å²) in [6.07, 6.45) is 23.4. The first-order valence-corrected chi connectivity index (χ1v) is 11.4. The van der Waals surface area contributed by atoms with Crippen molar-refractivity contribution in [2.45, 2.75) is 116 Å². The summed E-state index contributed by atoms with van der Waals surface area (Å²) in [4.78, 5) is 3.93. The second-order valence-corrected chi connectivity index (χ2v) is 7.58. The van der Waals surface area contributed by atoms with Crippen molar-refractivity contribution in [3.8, 4) is 0 Å².